The normalized spacial score (nSPS) is 23.6. The Labute approximate surface area is 135 Å². The van der Waals surface area contributed by atoms with Crippen LogP contribution in [0.5, 0.6) is 11.5 Å². The van der Waals surface area contributed by atoms with E-state index in [-0.39, 0.29) is 18.3 Å². The van der Waals surface area contributed by atoms with E-state index in [0.29, 0.717) is 36.6 Å². The van der Waals surface area contributed by atoms with Crippen molar-refractivity contribution in [2.45, 2.75) is 44.8 Å². The summed E-state index contributed by atoms with van der Waals surface area (Å²) in [5.41, 5.74) is -0.767. The summed E-state index contributed by atoms with van der Waals surface area (Å²) in [7, 11) is 0. The van der Waals surface area contributed by atoms with Crippen molar-refractivity contribution in [3.8, 4) is 11.5 Å². The van der Waals surface area contributed by atoms with Crippen molar-refractivity contribution < 1.29 is 24.2 Å². The van der Waals surface area contributed by atoms with Gasteiger partial charge >= 0.3 is 6.09 Å². The van der Waals surface area contributed by atoms with E-state index in [1.54, 1.807) is 17.0 Å². The second-order valence-electron chi connectivity index (χ2n) is 7.25. The number of nitrogens with zero attached hydrogens (tertiary/aromatic N) is 1. The largest absolute Gasteiger partial charge is 0.593 e. The van der Waals surface area contributed by atoms with Crippen molar-refractivity contribution in [1.29, 1.82) is 0 Å². The van der Waals surface area contributed by atoms with Crippen molar-refractivity contribution in [1.82, 2.24) is 4.90 Å². The molecule has 0 saturated carbocycles. The summed E-state index contributed by atoms with van der Waals surface area (Å²) in [6.45, 7) is 6.33. The minimum absolute atomic E-state index is 0.0358. The molecule has 1 atom stereocenters. The fourth-order valence-corrected chi connectivity index (χ4v) is 3.05. The van der Waals surface area contributed by atoms with Crippen LogP contribution in [-0.2, 0) is 4.74 Å². The Balaban J connectivity index is 1.77. The summed E-state index contributed by atoms with van der Waals surface area (Å²) in [5, 5.41) is 7.62. The van der Waals surface area contributed by atoms with Gasteiger partial charge in [0, 0.05) is 25.1 Å². The molecule has 3 rings (SSSR count). The smallest absolute Gasteiger partial charge is 0.410 e. The fraction of sp³-hybridized carbons (Fsp3) is 0.529. The molecule has 2 aliphatic rings. The molecule has 0 radical (unpaired) electrons. The van der Waals surface area contributed by atoms with Crippen molar-refractivity contribution in [2.75, 3.05) is 13.1 Å². The topological polar surface area (TPSA) is 78.7 Å². The van der Waals surface area contributed by atoms with Crippen LogP contribution in [0.1, 0.15) is 44.0 Å². The number of carbonyl (C=O) groups is 2. The molecule has 0 aromatic heterocycles. The van der Waals surface area contributed by atoms with Crippen LogP contribution in [0.2, 0.25) is 0 Å². The van der Waals surface area contributed by atoms with E-state index in [1.807, 2.05) is 20.8 Å². The zero-order valence-electron chi connectivity index (χ0n) is 13.6. The average molecular weight is 320 g/mol. The van der Waals surface area contributed by atoms with Crippen LogP contribution in [0, 0.1) is 0 Å². The molecular weight excluding hydrogens is 298 g/mol. The average Bonchev–Trinajstić information content (AvgIpc) is 2.82. The minimum Gasteiger partial charge on any atom is -0.593 e. The summed E-state index contributed by atoms with van der Waals surface area (Å²) in [6.07, 6.45) is 0.445. The number of carbonyl (C=O) groups excluding carboxylic acids is 2. The van der Waals surface area contributed by atoms with Gasteiger partial charge in [-0.25, -0.2) is 4.79 Å². The maximum absolute atomic E-state index is 12.4. The van der Waals surface area contributed by atoms with Gasteiger partial charge in [0.15, 0.2) is 5.78 Å². The third-order valence-corrected chi connectivity index (χ3v) is 4.06. The van der Waals surface area contributed by atoms with Gasteiger partial charge in [0.2, 0.25) is 0 Å². The molecule has 1 unspecified atom stereocenters. The lowest BCUT2D eigenvalue weighted by Crippen LogP contribution is -2.46. The summed E-state index contributed by atoms with van der Waals surface area (Å²) < 4.78 is 11.5. The molecule has 1 aromatic rings. The summed E-state index contributed by atoms with van der Waals surface area (Å²) in [6, 6.07) is 4.80. The molecule has 23 heavy (non-hydrogen) atoms. The number of hydrogen-bond donors (Lipinski definition) is 0. The van der Waals surface area contributed by atoms with Crippen LogP contribution >= 0.6 is 0 Å². The van der Waals surface area contributed by atoms with Gasteiger partial charge in [-0.1, -0.05) is 0 Å². The van der Waals surface area contributed by atoms with Gasteiger partial charge < -0.3 is 19.5 Å². The van der Waals surface area contributed by atoms with Crippen LogP contribution in [0.3, 0.4) is 0 Å². The number of ketones is 1. The van der Waals surface area contributed by atoms with E-state index in [1.165, 1.54) is 6.07 Å². The molecule has 6 heteroatoms. The molecule has 1 saturated heterocycles. The zero-order chi connectivity index (χ0) is 16.8. The van der Waals surface area contributed by atoms with Gasteiger partial charge in [-0.3, -0.25) is 4.79 Å². The molecule has 2 heterocycles. The third kappa shape index (κ3) is 3.11. The van der Waals surface area contributed by atoms with E-state index >= 15 is 0 Å². The zero-order valence-corrected chi connectivity index (χ0v) is 13.6. The summed E-state index contributed by atoms with van der Waals surface area (Å²) >= 11 is 0. The van der Waals surface area contributed by atoms with E-state index in [2.05, 4.69) is 0 Å². The number of likely N-dealkylation sites (tertiary alicyclic amines) is 1. The molecule has 124 valence electrons. The van der Waals surface area contributed by atoms with Gasteiger partial charge in [-0.2, -0.15) is 0 Å². The van der Waals surface area contributed by atoms with Crippen molar-refractivity contribution in [3.63, 3.8) is 0 Å². The van der Waals surface area contributed by atoms with Crippen LogP contribution < -0.4 is 4.74 Å². The lowest BCUT2D eigenvalue weighted by Gasteiger charge is -2.34. The minimum atomic E-state index is -0.676. The highest BCUT2D eigenvalue weighted by Gasteiger charge is 2.47. The van der Waals surface area contributed by atoms with Gasteiger partial charge in [-0.15, -0.1) is 0 Å². The number of benzene rings is 1. The molecule has 2 aliphatic heterocycles. The quantitative estimate of drug-likeness (QED) is 0.688. The number of rotatable bonds is 0. The molecule has 1 fully saturated rings. The van der Waals surface area contributed by atoms with Gasteiger partial charge in [0.05, 0.1) is 18.5 Å². The molecule has 1 spiro atoms. The first-order valence-electron chi connectivity index (χ1n) is 7.73. The van der Waals surface area contributed by atoms with Crippen molar-refractivity contribution in [3.05, 3.63) is 23.8 Å². The highest BCUT2D eigenvalue weighted by atomic mass is 16.6. The van der Waals surface area contributed by atoms with E-state index in [0.717, 1.165) is 0 Å². The van der Waals surface area contributed by atoms with E-state index in [4.69, 9.17) is 14.6 Å². The number of fused-ring (bicyclic) bond motifs is 1. The molecule has 0 bridgehead atoms. The molecule has 1 amide bonds. The predicted octanol–water partition coefficient (Wildman–Crippen LogP) is 2.47. The Kier molecular flexibility index (Phi) is 3.50. The van der Waals surface area contributed by atoms with E-state index < -0.39 is 11.2 Å². The first kappa shape index (κ1) is 15.6. The second kappa shape index (κ2) is 5.15. The Morgan fingerprint density at radius 2 is 2.13 bits per heavy atom. The van der Waals surface area contributed by atoms with E-state index in [9.17, 15) is 9.59 Å². The molecular formula is C17H22NO5+. The molecule has 0 aliphatic carbocycles. The molecule has 2 N–H and O–H groups in total. The lowest BCUT2D eigenvalue weighted by molar-refractivity contribution is 0.0171. The first-order chi connectivity index (χ1) is 10.7. The number of Topliss-reactive ketones (excluding diaryl/α,β-unsaturated/α-hetero) is 1. The summed E-state index contributed by atoms with van der Waals surface area (Å²) in [4.78, 5) is 26.2. The standard InChI is InChI=1S/C17H21NO5/c1-16(2,3)23-15(21)18-7-6-17(10-18)9-13(20)12-8-11(19)4-5-14(12)22-17/h4-5,8,19H,6-7,9-10H2,1-3H3/p+1. The first-order valence-corrected chi connectivity index (χ1v) is 7.73. The maximum atomic E-state index is 12.4. The lowest BCUT2D eigenvalue weighted by atomic mass is 9.89. The fourth-order valence-electron chi connectivity index (χ4n) is 3.05. The highest BCUT2D eigenvalue weighted by molar-refractivity contribution is 6.00. The van der Waals surface area contributed by atoms with Gasteiger partial charge in [0.1, 0.15) is 17.0 Å². The van der Waals surface area contributed by atoms with Crippen molar-refractivity contribution >= 4 is 11.9 Å². The highest BCUT2D eigenvalue weighted by Crippen LogP contribution is 2.40. The second-order valence-corrected chi connectivity index (χ2v) is 7.25. The van der Waals surface area contributed by atoms with Crippen LogP contribution in [0.4, 0.5) is 4.79 Å². The monoisotopic (exact) mass is 320 g/mol. The maximum Gasteiger partial charge on any atom is 0.410 e. The third-order valence-electron chi connectivity index (χ3n) is 4.06. The Morgan fingerprint density at radius 3 is 2.83 bits per heavy atom. The number of hydrogen-bond acceptors (Lipinski definition) is 4. The Bertz CT molecular complexity index is 663. The van der Waals surface area contributed by atoms with Gasteiger partial charge in [-0.05, 0) is 26.8 Å². The Hall–Kier alpha value is -2.24. The SMILES string of the molecule is CC(C)(C)OC(=O)N1CCC2(CC(=O)c3cc([OH2+])ccc3O2)C1. The molecule has 1 aromatic carbocycles. The Morgan fingerprint density at radius 1 is 1.39 bits per heavy atom. The van der Waals surface area contributed by atoms with Crippen molar-refractivity contribution in [2.24, 2.45) is 0 Å². The van der Waals surface area contributed by atoms with Gasteiger partial charge in [0.25, 0.3) is 5.75 Å². The van der Waals surface area contributed by atoms with Crippen LogP contribution in [0.25, 0.3) is 0 Å². The van der Waals surface area contributed by atoms with Crippen LogP contribution in [0.15, 0.2) is 18.2 Å². The molecule has 6 nitrogen and oxygen atoms in total. The van der Waals surface area contributed by atoms with Crippen LogP contribution in [-0.4, -0.2) is 46.2 Å². The number of ether oxygens (including phenoxy) is 2. The predicted molar refractivity (Wildman–Crippen MR) is 84.2 cm³/mol. The number of amides is 1. The summed E-state index contributed by atoms with van der Waals surface area (Å²) in [5.74, 6) is 0.758.